The van der Waals surface area contributed by atoms with Gasteiger partial charge in [0.1, 0.15) is 16.9 Å². The number of amides is 1. The Balaban J connectivity index is 2.23. The molecule has 3 rings (SSSR count). The van der Waals surface area contributed by atoms with Gasteiger partial charge in [-0.15, -0.1) is 0 Å². The minimum Gasteiger partial charge on any atom is -0.508 e. The number of nitrogens with zero attached hydrogens (tertiary/aromatic N) is 1. The predicted octanol–water partition coefficient (Wildman–Crippen LogP) is 3.49. The summed E-state index contributed by atoms with van der Waals surface area (Å²) in [5.41, 5.74) is 4.62. The van der Waals surface area contributed by atoms with Crippen molar-refractivity contribution in [3.8, 4) is 5.75 Å². The highest BCUT2D eigenvalue weighted by atomic mass is 19.4. The van der Waals surface area contributed by atoms with Gasteiger partial charge in [0.05, 0.1) is 11.3 Å². The van der Waals surface area contributed by atoms with Crippen LogP contribution in [0.25, 0.3) is 11.0 Å². The number of rotatable bonds is 2. The summed E-state index contributed by atoms with van der Waals surface area (Å²) in [7, 11) is 0. The van der Waals surface area contributed by atoms with Crippen molar-refractivity contribution in [1.82, 2.24) is 0 Å². The first-order chi connectivity index (χ1) is 11.7. The molecule has 0 aliphatic rings. The summed E-state index contributed by atoms with van der Waals surface area (Å²) < 4.78 is 43.9. The van der Waals surface area contributed by atoms with Crippen LogP contribution in [0.2, 0.25) is 0 Å². The molecule has 8 heteroatoms. The Bertz CT molecular complexity index is 1020. The Morgan fingerprint density at radius 2 is 1.76 bits per heavy atom. The molecule has 1 amide bonds. The summed E-state index contributed by atoms with van der Waals surface area (Å²) in [5, 5.41) is 9.34. The highest BCUT2D eigenvalue weighted by Gasteiger charge is 2.30. The lowest BCUT2D eigenvalue weighted by Gasteiger charge is -2.08. The van der Waals surface area contributed by atoms with Gasteiger partial charge >= 0.3 is 6.18 Å². The lowest BCUT2D eigenvalue weighted by Crippen LogP contribution is -2.21. The third-order valence-corrected chi connectivity index (χ3v) is 3.42. The third-order valence-electron chi connectivity index (χ3n) is 3.42. The van der Waals surface area contributed by atoms with Gasteiger partial charge < -0.3 is 15.3 Å². The van der Waals surface area contributed by atoms with E-state index in [9.17, 15) is 23.1 Å². The first-order valence-corrected chi connectivity index (χ1v) is 7.03. The van der Waals surface area contributed by atoms with Crippen LogP contribution in [0.3, 0.4) is 0 Å². The van der Waals surface area contributed by atoms with Crippen LogP contribution in [0.15, 0.2) is 57.9 Å². The highest BCUT2D eigenvalue weighted by molar-refractivity contribution is 5.95. The van der Waals surface area contributed by atoms with Crippen molar-refractivity contribution in [1.29, 1.82) is 0 Å². The standard InChI is InChI=1S/C17H11F3N2O3/c18-17(19,20)10-1-6-14-9(7-10)8-13(15(21)24)16(25-14)22-11-2-4-12(23)5-3-11/h1-8,23H,(H2,21,24)/b22-16-. The third kappa shape index (κ3) is 3.47. The summed E-state index contributed by atoms with van der Waals surface area (Å²) in [6.45, 7) is 0. The fourth-order valence-corrected chi connectivity index (χ4v) is 2.21. The molecular formula is C17H11F3N2O3. The van der Waals surface area contributed by atoms with E-state index < -0.39 is 17.6 Å². The second-order valence-electron chi connectivity index (χ2n) is 5.21. The molecular weight excluding hydrogens is 337 g/mol. The Morgan fingerprint density at radius 1 is 1.08 bits per heavy atom. The fourth-order valence-electron chi connectivity index (χ4n) is 2.21. The van der Waals surface area contributed by atoms with E-state index in [1.807, 2.05) is 0 Å². The van der Waals surface area contributed by atoms with Gasteiger partial charge in [-0.05, 0) is 48.5 Å². The van der Waals surface area contributed by atoms with Gasteiger partial charge in [0.15, 0.2) is 0 Å². The van der Waals surface area contributed by atoms with E-state index >= 15 is 0 Å². The molecule has 0 spiro atoms. The van der Waals surface area contributed by atoms with Crippen LogP contribution in [0.4, 0.5) is 18.9 Å². The zero-order valence-electron chi connectivity index (χ0n) is 12.5. The molecule has 3 aromatic rings. The Morgan fingerprint density at radius 3 is 2.36 bits per heavy atom. The van der Waals surface area contributed by atoms with Gasteiger partial charge in [0, 0.05) is 5.39 Å². The van der Waals surface area contributed by atoms with E-state index in [-0.39, 0.29) is 27.8 Å². The first kappa shape index (κ1) is 16.6. The molecule has 1 aromatic heterocycles. The maximum absolute atomic E-state index is 12.8. The fraction of sp³-hybridized carbons (Fsp3) is 0.0588. The number of halogens is 3. The van der Waals surface area contributed by atoms with Crippen molar-refractivity contribution in [2.75, 3.05) is 0 Å². The van der Waals surface area contributed by atoms with E-state index in [2.05, 4.69) is 4.99 Å². The number of carbonyl (C=O) groups excluding carboxylic acids is 1. The summed E-state index contributed by atoms with van der Waals surface area (Å²) in [5.74, 6) is -0.857. The normalized spacial score (nSPS) is 12.5. The summed E-state index contributed by atoms with van der Waals surface area (Å²) in [6.07, 6.45) is -4.52. The van der Waals surface area contributed by atoms with Crippen LogP contribution >= 0.6 is 0 Å². The molecule has 0 bridgehead atoms. The van der Waals surface area contributed by atoms with E-state index in [1.165, 1.54) is 30.3 Å². The zero-order chi connectivity index (χ0) is 18.2. The van der Waals surface area contributed by atoms with Crippen molar-refractivity contribution >= 4 is 22.6 Å². The Labute approximate surface area is 138 Å². The quantitative estimate of drug-likeness (QED) is 0.743. The molecule has 0 atom stereocenters. The zero-order valence-corrected chi connectivity index (χ0v) is 12.5. The average molecular weight is 348 g/mol. The minimum absolute atomic E-state index is 0.0317. The number of aromatic hydroxyl groups is 1. The summed E-state index contributed by atoms with van der Waals surface area (Å²) >= 11 is 0. The minimum atomic E-state index is -4.52. The number of nitrogens with two attached hydrogens (primary N) is 1. The van der Waals surface area contributed by atoms with Crippen LogP contribution in [0, 0.1) is 0 Å². The average Bonchev–Trinajstić information content (AvgIpc) is 2.55. The van der Waals surface area contributed by atoms with Gasteiger partial charge in [-0.1, -0.05) is 0 Å². The predicted molar refractivity (Wildman–Crippen MR) is 83.1 cm³/mol. The lowest BCUT2D eigenvalue weighted by molar-refractivity contribution is -0.137. The molecule has 2 aromatic carbocycles. The number of primary amides is 1. The number of hydrogen-bond acceptors (Lipinski definition) is 4. The molecule has 25 heavy (non-hydrogen) atoms. The number of benzene rings is 2. The largest absolute Gasteiger partial charge is 0.508 e. The molecule has 0 fully saturated rings. The number of phenolic OH excluding ortho intramolecular Hbond substituents is 1. The van der Waals surface area contributed by atoms with Crippen LogP contribution in [-0.2, 0) is 6.18 Å². The molecule has 0 saturated heterocycles. The maximum Gasteiger partial charge on any atom is 0.416 e. The first-order valence-electron chi connectivity index (χ1n) is 7.03. The Kier molecular flexibility index (Phi) is 3.96. The lowest BCUT2D eigenvalue weighted by atomic mass is 10.1. The van der Waals surface area contributed by atoms with Crippen molar-refractivity contribution in [2.24, 2.45) is 10.7 Å². The second kappa shape index (κ2) is 5.97. The highest BCUT2D eigenvalue weighted by Crippen LogP contribution is 2.31. The van der Waals surface area contributed by atoms with Crippen LogP contribution in [0.5, 0.6) is 5.75 Å². The number of carbonyl (C=O) groups is 1. The maximum atomic E-state index is 12.8. The van der Waals surface area contributed by atoms with Crippen LogP contribution in [-0.4, -0.2) is 11.0 Å². The van der Waals surface area contributed by atoms with Crippen molar-refractivity contribution < 1.29 is 27.5 Å². The van der Waals surface area contributed by atoms with Crippen molar-refractivity contribution in [3.63, 3.8) is 0 Å². The number of fused-ring (bicyclic) bond motifs is 1. The topological polar surface area (TPSA) is 88.8 Å². The number of hydrogen-bond donors (Lipinski definition) is 2. The molecule has 0 radical (unpaired) electrons. The van der Waals surface area contributed by atoms with Gasteiger partial charge in [0.25, 0.3) is 5.91 Å². The molecule has 0 aliphatic heterocycles. The SMILES string of the molecule is NC(=O)c1cc2cc(C(F)(F)F)ccc2o/c1=N\c1ccc(O)cc1. The summed E-state index contributed by atoms with van der Waals surface area (Å²) in [6, 6.07) is 9.84. The van der Waals surface area contributed by atoms with Crippen molar-refractivity contribution in [2.45, 2.75) is 6.18 Å². The number of alkyl halides is 3. The molecule has 0 saturated carbocycles. The molecule has 0 unspecified atom stereocenters. The van der Waals surface area contributed by atoms with Gasteiger partial charge in [-0.2, -0.15) is 13.2 Å². The molecule has 3 N–H and O–H groups in total. The van der Waals surface area contributed by atoms with Gasteiger partial charge in [-0.25, -0.2) is 4.99 Å². The van der Waals surface area contributed by atoms with Gasteiger partial charge in [-0.3, -0.25) is 4.79 Å². The van der Waals surface area contributed by atoms with E-state index in [1.54, 1.807) is 0 Å². The van der Waals surface area contributed by atoms with E-state index in [0.717, 1.165) is 18.2 Å². The monoisotopic (exact) mass is 348 g/mol. The smallest absolute Gasteiger partial charge is 0.416 e. The molecule has 5 nitrogen and oxygen atoms in total. The van der Waals surface area contributed by atoms with Crippen molar-refractivity contribution in [3.05, 3.63) is 65.2 Å². The second-order valence-corrected chi connectivity index (χ2v) is 5.21. The Hall–Kier alpha value is -3.29. The van der Waals surface area contributed by atoms with Crippen LogP contribution < -0.4 is 11.3 Å². The summed E-state index contributed by atoms with van der Waals surface area (Å²) in [4.78, 5) is 15.8. The van der Waals surface area contributed by atoms with E-state index in [0.29, 0.717) is 5.69 Å². The van der Waals surface area contributed by atoms with E-state index in [4.69, 9.17) is 10.2 Å². The molecule has 128 valence electrons. The van der Waals surface area contributed by atoms with Gasteiger partial charge in [0.2, 0.25) is 5.55 Å². The number of phenols is 1. The molecule has 0 aliphatic carbocycles. The molecule has 1 heterocycles. The van der Waals surface area contributed by atoms with Crippen LogP contribution in [0.1, 0.15) is 15.9 Å².